The van der Waals surface area contributed by atoms with Crippen LogP contribution in [0.4, 0.5) is 5.82 Å². The van der Waals surface area contributed by atoms with Gasteiger partial charge in [0.25, 0.3) is 0 Å². The molecule has 1 aliphatic heterocycles. The zero-order chi connectivity index (χ0) is 22.8. The van der Waals surface area contributed by atoms with E-state index in [0.29, 0.717) is 37.4 Å². The number of fused-ring (bicyclic) bond motifs is 2. The number of anilines is 1. The second kappa shape index (κ2) is 8.45. The van der Waals surface area contributed by atoms with Crippen LogP contribution in [0.5, 0.6) is 0 Å². The van der Waals surface area contributed by atoms with E-state index in [4.69, 9.17) is 0 Å². The smallest absolute Gasteiger partial charge is 0.228 e. The van der Waals surface area contributed by atoms with Gasteiger partial charge in [0.2, 0.25) is 11.8 Å². The van der Waals surface area contributed by atoms with Gasteiger partial charge in [0.1, 0.15) is 5.82 Å². The largest absolute Gasteiger partial charge is 0.366 e. The average Bonchev–Trinajstić information content (AvgIpc) is 3.31. The molecule has 168 valence electrons. The van der Waals surface area contributed by atoms with Crippen LogP contribution in [0.3, 0.4) is 0 Å². The van der Waals surface area contributed by atoms with Crippen molar-refractivity contribution in [2.24, 2.45) is 5.41 Å². The topological polar surface area (TPSA) is 126 Å². The zero-order valence-electron chi connectivity index (χ0n) is 18.2. The van der Waals surface area contributed by atoms with Crippen LogP contribution in [-0.4, -0.2) is 50.2 Å². The van der Waals surface area contributed by atoms with Gasteiger partial charge in [0, 0.05) is 19.5 Å². The van der Waals surface area contributed by atoms with Gasteiger partial charge in [-0.1, -0.05) is 36.4 Å². The Morgan fingerprint density at radius 2 is 2.03 bits per heavy atom. The Hall–Kier alpha value is -4.08. The van der Waals surface area contributed by atoms with E-state index < -0.39 is 5.41 Å². The first-order valence-corrected chi connectivity index (χ1v) is 10.9. The van der Waals surface area contributed by atoms with Crippen molar-refractivity contribution in [3.63, 3.8) is 0 Å². The summed E-state index contributed by atoms with van der Waals surface area (Å²) in [5.41, 5.74) is 0.862. The molecule has 2 atom stereocenters. The number of benzene rings is 2. The van der Waals surface area contributed by atoms with Gasteiger partial charge >= 0.3 is 0 Å². The molecule has 3 N–H and O–H groups in total. The molecule has 0 spiro atoms. The molecule has 10 heteroatoms. The van der Waals surface area contributed by atoms with Crippen molar-refractivity contribution in [2.75, 3.05) is 18.4 Å². The molecule has 2 aromatic carbocycles. The third-order valence-corrected chi connectivity index (χ3v) is 6.17. The first-order valence-electron chi connectivity index (χ1n) is 10.9. The molecule has 2 unspecified atom stereocenters. The third kappa shape index (κ3) is 4.32. The van der Waals surface area contributed by atoms with Gasteiger partial charge in [-0.25, -0.2) is 0 Å². The van der Waals surface area contributed by atoms with Crippen LogP contribution in [0.15, 0.2) is 54.6 Å². The fraction of sp³-hybridized carbons (Fsp3) is 0.304. The molecule has 0 saturated carbocycles. The minimum absolute atomic E-state index is 0.0166. The lowest BCUT2D eigenvalue weighted by atomic mass is 9.81. The fourth-order valence-corrected chi connectivity index (χ4v) is 4.01. The van der Waals surface area contributed by atoms with Crippen LogP contribution in [0.2, 0.25) is 0 Å². The van der Waals surface area contributed by atoms with Crippen molar-refractivity contribution in [1.29, 1.82) is 0 Å². The number of hydrogen-bond acceptors (Lipinski definition) is 7. The molecule has 1 fully saturated rings. The van der Waals surface area contributed by atoms with E-state index in [9.17, 15) is 9.59 Å². The van der Waals surface area contributed by atoms with Crippen LogP contribution in [-0.2, 0) is 9.59 Å². The summed E-state index contributed by atoms with van der Waals surface area (Å²) in [7, 11) is 0. The lowest BCUT2D eigenvalue weighted by Crippen LogP contribution is -2.51. The van der Waals surface area contributed by atoms with Gasteiger partial charge in [0.15, 0.2) is 5.65 Å². The van der Waals surface area contributed by atoms with Gasteiger partial charge < -0.3 is 16.0 Å². The van der Waals surface area contributed by atoms with Crippen LogP contribution in [0, 0.1) is 5.41 Å². The number of nitrogens with one attached hydrogen (secondary N) is 3. The number of nitrogens with zero attached hydrogens (tertiary/aromatic N) is 5. The van der Waals surface area contributed by atoms with Gasteiger partial charge in [-0.05, 0) is 58.3 Å². The van der Waals surface area contributed by atoms with Gasteiger partial charge in [0.05, 0.1) is 11.5 Å². The van der Waals surface area contributed by atoms with Crippen LogP contribution < -0.4 is 16.0 Å². The van der Waals surface area contributed by atoms with Crippen molar-refractivity contribution in [3.05, 3.63) is 60.2 Å². The Balaban J connectivity index is 1.40. The molecule has 2 amide bonds. The maximum absolute atomic E-state index is 13.3. The summed E-state index contributed by atoms with van der Waals surface area (Å²) in [6.45, 7) is 2.63. The lowest BCUT2D eigenvalue weighted by Gasteiger charge is -2.34. The van der Waals surface area contributed by atoms with Crippen molar-refractivity contribution in [2.45, 2.75) is 25.8 Å². The highest BCUT2D eigenvalue weighted by molar-refractivity contribution is 5.87. The summed E-state index contributed by atoms with van der Waals surface area (Å²) in [5, 5.41) is 27.2. The number of tetrazole rings is 1. The van der Waals surface area contributed by atoms with E-state index in [-0.39, 0.29) is 17.9 Å². The fourth-order valence-electron chi connectivity index (χ4n) is 4.01. The molecular weight excluding hydrogens is 420 g/mol. The number of aromatic nitrogens is 5. The molecule has 1 saturated heterocycles. The van der Waals surface area contributed by atoms with Crippen molar-refractivity contribution >= 4 is 34.1 Å². The number of amides is 2. The Labute approximate surface area is 189 Å². The van der Waals surface area contributed by atoms with E-state index in [2.05, 4.69) is 60.8 Å². The molecule has 0 bridgehead atoms. The van der Waals surface area contributed by atoms with Gasteiger partial charge in [-0.15, -0.1) is 14.8 Å². The quantitative estimate of drug-likeness (QED) is 0.414. The highest BCUT2D eigenvalue weighted by Crippen LogP contribution is 2.28. The lowest BCUT2D eigenvalue weighted by molar-refractivity contribution is -0.135. The minimum atomic E-state index is -0.660. The SMILES string of the molecule is CC1(C(=O)NC(CNc2ccc3nnnn3n2)c2ccc3ccccc3c2)CCC(=O)NC1. The van der Waals surface area contributed by atoms with Crippen LogP contribution in [0.1, 0.15) is 31.4 Å². The van der Waals surface area contributed by atoms with Crippen molar-refractivity contribution in [3.8, 4) is 0 Å². The summed E-state index contributed by atoms with van der Waals surface area (Å²) < 4.78 is 1.34. The molecule has 2 aromatic heterocycles. The summed E-state index contributed by atoms with van der Waals surface area (Å²) >= 11 is 0. The van der Waals surface area contributed by atoms with Crippen molar-refractivity contribution < 1.29 is 9.59 Å². The molecule has 10 nitrogen and oxygen atoms in total. The maximum atomic E-state index is 13.3. The van der Waals surface area contributed by atoms with E-state index in [1.807, 2.05) is 25.1 Å². The predicted molar refractivity (Wildman–Crippen MR) is 122 cm³/mol. The van der Waals surface area contributed by atoms with E-state index in [1.54, 1.807) is 12.1 Å². The number of piperidine rings is 1. The Morgan fingerprint density at radius 1 is 1.18 bits per heavy atom. The standard InChI is InChI=1S/C23H24N8O2/c1-23(11-10-21(32)25-14-23)22(33)26-18(17-7-6-15-4-2-3-5-16(15)12-17)13-24-19-8-9-20-27-29-30-31(20)28-19/h2-9,12,18H,10-11,13-14H2,1H3,(H,24,28)(H,25,32)(H,26,33). The molecule has 5 rings (SSSR count). The summed E-state index contributed by atoms with van der Waals surface area (Å²) in [6, 6.07) is 17.5. The molecule has 0 aliphatic carbocycles. The number of hydrogen-bond donors (Lipinski definition) is 3. The van der Waals surface area contributed by atoms with E-state index >= 15 is 0 Å². The highest BCUT2D eigenvalue weighted by atomic mass is 16.2. The summed E-state index contributed by atoms with van der Waals surface area (Å²) in [6.07, 6.45) is 0.860. The average molecular weight is 444 g/mol. The minimum Gasteiger partial charge on any atom is -0.366 e. The zero-order valence-corrected chi connectivity index (χ0v) is 18.2. The first-order chi connectivity index (χ1) is 16.0. The Morgan fingerprint density at radius 3 is 2.85 bits per heavy atom. The van der Waals surface area contributed by atoms with Crippen LogP contribution in [0.25, 0.3) is 16.4 Å². The molecule has 3 heterocycles. The number of carbonyl (C=O) groups excluding carboxylic acids is 2. The Kier molecular flexibility index (Phi) is 5.33. The van der Waals surface area contributed by atoms with Gasteiger partial charge in [-0.2, -0.15) is 0 Å². The molecule has 4 aromatic rings. The van der Waals surface area contributed by atoms with Crippen molar-refractivity contribution in [1.82, 2.24) is 35.9 Å². The number of rotatable bonds is 6. The number of carbonyl (C=O) groups is 2. The Bertz CT molecular complexity index is 1320. The van der Waals surface area contributed by atoms with E-state index in [1.165, 1.54) is 4.63 Å². The summed E-state index contributed by atoms with van der Waals surface area (Å²) in [4.78, 5) is 24.9. The third-order valence-electron chi connectivity index (χ3n) is 6.17. The molecule has 1 aliphatic rings. The maximum Gasteiger partial charge on any atom is 0.228 e. The highest BCUT2D eigenvalue weighted by Gasteiger charge is 2.38. The van der Waals surface area contributed by atoms with Gasteiger partial charge in [-0.3, -0.25) is 9.59 Å². The summed E-state index contributed by atoms with van der Waals surface area (Å²) in [5.74, 6) is 0.481. The van der Waals surface area contributed by atoms with E-state index in [0.717, 1.165) is 16.3 Å². The molecule has 0 radical (unpaired) electrons. The molecule has 33 heavy (non-hydrogen) atoms. The first kappa shape index (κ1) is 20.8. The second-order valence-corrected chi connectivity index (χ2v) is 8.60. The monoisotopic (exact) mass is 444 g/mol. The normalized spacial score (nSPS) is 19.2. The molecular formula is C23H24N8O2. The predicted octanol–water partition coefficient (Wildman–Crippen LogP) is 1.86. The second-order valence-electron chi connectivity index (χ2n) is 8.60. The van der Waals surface area contributed by atoms with Crippen LogP contribution >= 0.6 is 0 Å².